The van der Waals surface area contributed by atoms with Crippen LogP contribution < -0.4 is 4.72 Å². The summed E-state index contributed by atoms with van der Waals surface area (Å²) in [5, 5.41) is 17.5. The molecule has 0 unspecified atom stereocenters. The minimum Gasteiger partial charge on any atom is -0.480 e. The maximum Gasteiger partial charge on any atom is 0.408 e. The lowest BCUT2D eigenvalue weighted by Crippen LogP contribution is -2.40. The fraction of sp³-hybridized carbons (Fsp3) is 0.714. The molecule has 0 aromatic rings. The Kier molecular flexibility index (Phi) is 3.38. The third-order valence-electron chi connectivity index (χ3n) is 2.21. The Morgan fingerprint density at radius 3 is 2.25 bits per heavy atom. The number of nitrogens with zero attached hydrogens (tertiary/aromatic N) is 1. The standard InChI is InChI=1S/C7H12N2O6S/c1-16(14,15)8-4-2-5(6(10)11)9(3-4)7(12)13/h4-5,8H,2-3H2,1H3,(H,10,11)(H,12,13)/t4-,5-/m1/s1. The second-order valence-electron chi connectivity index (χ2n) is 3.61. The predicted octanol–water partition coefficient (Wildman–Crippen LogP) is -1.26. The van der Waals surface area contributed by atoms with Crippen molar-refractivity contribution in [1.29, 1.82) is 0 Å². The summed E-state index contributed by atoms with van der Waals surface area (Å²) in [5.74, 6) is -1.28. The first-order valence-corrected chi connectivity index (χ1v) is 6.29. The van der Waals surface area contributed by atoms with E-state index in [9.17, 15) is 18.0 Å². The number of amides is 1. The van der Waals surface area contributed by atoms with Crippen molar-refractivity contribution in [2.45, 2.75) is 18.5 Å². The minimum absolute atomic E-state index is 0.0608. The normalized spacial score (nSPS) is 25.7. The molecule has 1 saturated heterocycles. The number of carboxylic acids is 1. The van der Waals surface area contributed by atoms with Crippen molar-refractivity contribution in [1.82, 2.24) is 9.62 Å². The van der Waals surface area contributed by atoms with Crippen molar-refractivity contribution < 1.29 is 28.2 Å². The molecule has 16 heavy (non-hydrogen) atoms. The molecule has 1 amide bonds. The molecule has 2 atom stereocenters. The highest BCUT2D eigenvalue weighted by atomic mass is 32.2. The molecule has 9 heteroatoms. The summed E-state index contributed by atoms with van der Waals surface area (Å²) in [4.78, 5) is 22.2. The number of likely N-dealkylation sites (tertiary alicyclic amines) is 1. The number of nitrogens with one attached hydrogen (secondary N) is 1. The number of hydrogen-bond donors (Lipinski definition) is 3. The topological polar surface area (TPSA) is 124 Å². The van der Waals surface area contributed by atoms with Gasteiger partial charge in [-0.15, -0.1) is 0 Å². The molecule has 1 aliphatic heterocycles. The summed E-state index contributed by atoms with van der Waals surface area (Å²) >= 11 is 0. The molecule has 8 nitrogen and oxygen atoms in total. The van der Waals surface area contributed by atoms with Gasteiger partial charge in [0.2, 0.25) is 10.0 Å². The molecule has 0 aromatic carbocycles. The molecule has 0 aliphatic carbocycles. The van der Waals surface area contributed by atoms with Gasteiger partial charge in [-0.05, 0) is 6.42 Å². The van der Waals surface area contributed by atoms with Crippen LogP contribution >= 0.6 is 0 Å². The monoisotopic (exact) mass is 252 g/mol. The molecule has 0 radical (unpaired) electrons. The molecule has 0 spiro atoms. The number of rotatable bonds is 3. The summed E-state index contributed by atoms with van der Waals surface area (Å²) in [6.07, 6.45) is -0.494. The fourth-order valence-electron chi connectivity index (χ4n) is 1.67. The minimum atomic E-state index is -3.47. The molecular weight excluding hydrogens is 240 g/mol. The molecule has 92 valence electrons. The Morgan fingerprint density at radius 1 is 1.38 bits per heavy atom. The van der Waals surface area contributed by atoms with E-state index in [1.165, 1.54) is 0 Å². The highest BCUT2D eigenvalue weighted by molar-refractivity contribution is 7.88. The van der Waals surface area contributed by atoms with Crippen LogP contribution in [0.25, 0.3) is 0 Å². The summed E-state index contributed by atoms with van der Waals surface area (Å²) in [6.45, 7) is -0.153. The number of hydrogen-bond acceptors (Lipinski definition) is 4. The van der Waals surface area contributed by atoms with Gasteiger partial charge in [0.15, 0.2) is 0 Å². The van der Waals surface area contributed by atoms with Gasteiger partial charge < -0.3 is 10.2 Å². The van der Waals surface area contributed by atoms with E-state index in [1.807, 2.05) is 0 Å². The van der Waals surface area contributed by atoms with E-state index in [2.05, 4.69) is 4.72 Å². The molecular formula is C7H12N2O6S. The Morgan fingerprint density at radius 2 is 1.94 bits per heavy atom. The van der Waals surface area contributed by atoms with Gasteiger partial charge >= 0.3 is 12.1 Å². The zero-order valence-corrected chi connectivity index (χ0v) is 9.27. The van der Waals surface area contributed by atoms with Crippen LogP contribution in [0.4, 0.5) is 4.79 Å². The van der Waals surface area contributed by atoms with E-state index in [4.69, 9.17) is 10.2 Å². The summed E-state index contributed by atoms with van der Waals surface area (Å²) in [5.41, 5.74) is 0. The summed E-state index contributed by atoms with van der Waals surface area (Å²) < 4.78 is 24.0. The number of aliphatic carboxylic acids is 1. The van der Waals surface area contributed by atoms with Gasteiger partial charge in [-0.1, -0.05) is 0 Å². The zero-order chi connectivity index (χ0) is 12.5. The van der Waals surface area contributed by atoms with Gasteiger partial charge in [-0.25, -0.2) is 22.7 Å². The van der Waals surface area contributed by atoms with Crippen LogP contribution in [0.15, 0.2) is 0 Å². The first kappa shape index (κ1) is 12.7. The second-order valence-corrected chi connectivity index (χ2v) is 5.39. The zero-order valence-electron chi connectivity index (χ0n) is 8.45. The van der Waals surface area contributed by atoms with E-state index in [0.29, 0.717) is 4.90 Å². The SMILES string of the molecule is CS(=O)(=O)N[C@@H]1C[C@H](C(=O)O)N(C(=O)O)C1. The van der Waals surface area contributed by atoms with Gasteiger partial charge in [-0.2, -0.15) is 0 Å². The lowest BCUT2D eigenvalue weighted by molar-refractivity contribution is -0.141. The Hall–Kier alpha value is -1.35. The van der Waals surface area contributed by atoms with Gasteiger partial charge in [0.05, 0.1) is 6.26 Å². The molecule has 0 saturated carbocycles. The van der Waals surface area contributed by atoms with Crippen LogP contribution in [-0.2, 0) is 14.8 Å². The number of carboxylic acid groups (broad SMARTS) is 2. The van der Waals surface area contributed by atoms with E-state index >= 15 is 0 Å². The smallest absolute Gasteiger partial charge is 0.408 e. The van der Waals surface area contributed by atoms with Gasteiger partial charge in [0, 0.05) is 12.6 Å². The highest BCUT2D eigenvalue weighted by Crippen LogP contribution is 2.18. The lowest BCUT2D eigenvalue weighted by Gasteiger charge is -2.16. The van der Waals surface area contributed by atoms with E-state index in [-0.39, 0.29) is 13.0 Å². The van der Waals surface area contributed by atoms with Crippen molar-refractivity contribution in [2.24, 2.45) is 0 Å². The maximum absolute atomic E-state index is 10.9. The molecule has 0 bridgehead atoms. The average Bonchev–Trinajstić information content (AvgIpc) is 2.44. The van der Waals surface area contributed by atoms with Gasteiger partial charge in [0.25, 0.3) is 0 Å². The van der Waals surface area contributed by atoms with Crippen LogP contribution in [0, 0.1) is 0 Å². The highest BCUT2D eigenvalue weighted by Gasteiger charge is 2.40. The first-order chi connectivity index (χ1) is 7.20. The van der Waals surface area contributed by atoms with Crippen LogP contribution in [-0.4, -0.2) is 60.5 Å². The predicted molar refractivity (Wildman–Crippen MR) is 52.5 cm³/mol. The largest absolute Gasteiger partial charge is 0.480 e. The Bertz CT molecular complexity index is 383. The van der Waals surface area contributed by atoms with Crippen molar-refractivity contribution in [3.8, 4) is 0 Å². The third-order valence-corrected chi connectivity index (χ3v) is 2.97. The van der Waals surface area contributed by atoms with Crippen LogP contribution in [0.2, 0.25) is 0 Å². The van der Waals surface area contributed by atoms with Crippen molar-refractivity contribution in [3.05, 3.63) is 0 Å². The van der Waals surface area contributed by atoms with Crippen LogP contribution in [0.3, 0.4) is 0 Å². The average molecular weight is 252 g/mol. The molecule has 1 heterocycles. The van der Waals surface area contributed by atoms with E-state index in [0.717, 1.165) is 6.26 Å². The summed E-state index contributed by atoms with van der Waals surface area (Å²) in [7, 11) is -3.47. The maximum atomic E-state index is 10.9. The molecule has 3 N–H and O–H groups in total. The van der Waals surface area contributed by atoms with Gasteiger partial charge in [-0.3, -0.25) is 4.90 Å². The molecule has 1 aliphatic rings. The first-order valence-electron chi connectivity index (χ1n) is 4.40. The fourth-order valence-corrected chi connectivity index (χ4v) is 2.45. The summed E-state index contributed by atoms with van der Waals surface area (Å²) in [6, 6.07) is -1.89. The van der Waals surface area contributed by atoms with Gasteiger partial charge in [0.1, 0.15) is 6.04 Å². The van der Waals surface area contributed by atoms with Crippen LogP contribution in [0.5, 0.6) is 0 Å². The third kappa shape index (κ3) is 3.07. The Balaban J connectivity index is 2.77. The molecule has 0 aromatic heterocycles. The Labute approximate surface area is 91.9 Å². The second kappa shape index (κ2) is 4.26. The number of sulfonamides is 1. The lowest BCUT2D eigenvalue weighted by atomic mass is 10.2. The van der Waals surface area contributed by atoms with Crippen molar-refractivity contribution >= 4 is 22.1 Å². The number of carbonyl (C=O) groups is 2. The van der Waals surface area contributed by atoms with Crippen LogP contribution in [0.1, 0.15) is 6.42 Å². The van der Waals surface area contributed by atoms with E-state index in [1.54, 1.807) is 0 Å². The van der Waals surface area contributed by atoms with Crippen molar-refractivity contribution in [3.63, 3.8) is 0 Å². The quantitative estimate of drug-likeness (QED) is 0.576. The molecule has 1 fully saturated rings. The van der Waals surface area contributed by atoms with Crippen molar-refractivity contribution in [2.75, 3.05) is 12.8 Å². The molecule has 1 rings (SSSR count). The van der Waals surface area contributed by atoms with E-state index < -0.39 is 34.2 Å².